The summed E-state index contributed by atoms with van der Waals surface area (Å²) in [7, 11) is -3.48. The molecule has 1 N–H and O–H groups in total. The third-order valence-corrected chi connectivity index (χ3v) is 8.25. The number of aromatic nitrogens is 2. The van der Waals surface area contributed by atoms with Crippen LogP contribution in [0.3, 0.4) is 0 Å². The van der Waals surface area contributed by atoms with Crippen molar-refractivity contribution in [2.75, 3.05) is 24.6 Å². The van der Waals surface area contributed by atoms with Gasteiger partial charge in [0.25, 0.3) is 5.91 Å². The van der Waals surface area contributed by atoms with Crippen molar-refractivity contribution in [1.29, 1.82) is 0 Å². The lowest BCUT2D eigenvalue weighted by molar-refractivity contribution is 0.0946. The summed E-state index contributed by atoms with van der Waals surface area (Å²) >= 11 is 1.94. The van der Waals surface area contributed by atoms with E-state index >= 15 is 0 Å². The predicted octanol–water partition coefficient (Wildman–Crippen LogP) is 2.39. The van der Waals surface area contributed by atoms with Gasteiger partial charge in [0.2, 0.25) is 15.9 Å². The topological polar surface area (TPSA) is 105 Å². The van der Waals surface area contributed by atoms with Crippen molar-refractivity contribution in [3.63, 3.8) is 0 Å². The second-order valence-electron chi connectivity index (χ2n) is 7.25. The van der Waals surface area contributed by atoms with Gasteiger partial charge in [0.1, 0.15) is 0 Å². The van der Waals surface area contributed by atoms with E-state index in [2.05, 4.69) is 15.5 Å². The van der Waals surface area contributed by atoms with E-state index in [0.717, 1.165) is 37.2 Å². The molecule has 2 fully saturated rings. The lowest BCUT2D eigenvalue weighted by atomic mass is 10.0. The van der Waals surface area contributed by atoms with E-state index in [9.17, 15) is 13.2 Å². The van der Waals surface area contributed by atoms with E-state index < -0.39 is 10.0 Å². The molecule has 3 heterocycles. The van der Waals surface area contributed by atoms with Crippen LogP contribution in [0.1, 0.15) is 53.7 Å². The summed E-state index contributed by atoms with van der Waals surface area (Å²) in [5, 5.41) is 6.79. The maximum atomic E-state index is 12.6. The standard InChI is InChI=1S/C19H24N4O4S2/c24-19(20-13-17-21-18(22-27-17)14-7-11-28-12-8-14)15-3-5-16(6-4-15)29(25,26)23-9-1-2-10-23/h3-6,14H,1-2,7-13H2,(H,20,24). The Bertz CT molecular complexity index is 947. The van der Waals surface area contributed by atoms with Gasteiger partial charge in [0.05, 0.1) is 11.4 Å². The first kappa shape index (κ1) is 20.4. The molecule has 2 aliphatic rings. The van der Waals surface area contributed by atoms with Gasteiger partial charge in [0.15, 0.2) is 5.82 Å². The number of thioether (sulfide) groups is 1. The molecule has 0 bridgehead atoms. The van der Waals surface area contributed by atoms with E-state index in [4.69, 9.17) is 4.52 Å². The van der Waals surface area contributed by atoms with E-state index in [-0.39, 0.29) is 17.3 Å². The Balaban J connectivity index is 1.35. The zero-order valence-corrected chi connectivity index (χ0v) is 17.7. The first-order valence-corrected chi connectivity index (χ1v) is 12.4. The summed E-state index contributed by atoms with van der Waals surface area (Å²) in [5.74, 6) is 3.31. The van der Waals surface area contributed by atoms with Gasteiger partial charge >= 0.3 is 0 Å². The van der Waals surface area contributed by atoms with Gasteiger partial charge in [-0.3, -0.25) is 4.79 Å². The van der Waals surface area contributed by atoms with Crippen LogP contribution in [-0.4, -0.2) is 53.4 Å². The lowest BCUT2D eigenvalue weighted by Crippen LogP contribution is -2.28. The predicted molar refractivity (Wildman–Crippen MR) is 109 cm³/mol. The first-order valence-electron chi connectivity index (χ1n) is 9.83. The van der Waals surface area contributed by atoms with Gasteiger partial charge in [-0.2, -0.15) is 21.1 Å². The summed E-state index contributed by atoms with van der Waals surface area (Å²) in [6.07, 6.45) is 3.86. The molecule has 29 heavy (non-hydrogen) atoms. The Morgan fingerprint density at radius 1 is 1.17 bits per heavy atom. The Morgan fingerprint density at radius 3 is 2.55 bits per heavy atom. The highest BCUT2D eigenvalue weighted by Crippen LogP contribution is 2.29. The van der Waals surface area contributed by atoms with E-state index in [1.807, 2.05) is 11.8 Å². The molecule has 2 aromatic rings. The summed E-state index contributed by atoms with van der Waals surface area (Å²) < 4.78 is 31.9. The highest BCUT2D eigenvalue weighted by Gasteiger charge is 2.27. The van der Waals surface area contributed by atoms with Crippen molar-refractivity contribution in [3.8, 4) is 0 Å². The second-order valence-corrected chi connectivity index (χ2v) is 10.4. The van der Waals surface area contributed by atoms with Crippen LogP contribution in [0.5, 0.6) is 0 Å². The van der Waals surface area contributed by atoms with Crippen molar-refractivity contribution in [1.82, 2.24) is 19.8 Å². The van der Waals surface area contributed by atoms with Gasteiger partial charge in [-0.15, -0.1) is 0 Å². The maximum Gasteiger partial charge on any atom is 0.251 e. The van der Waals surface area contributed by atoms with Crippen LogP contribution in [0.4, 0.5) is 0 Å². The molecule has 0 atom stereocenters. The third kappa shape index (κ3) is 4.65. The molecule has 0 radical (unpaired) electrons. The van der Waals surface area contributed by atoms with Crippen molar-refractivity contribution < 1.29 is 17.7 Å². The van der Waals surface area contributed by atoms with Crippen molar-refractivity contribution in [3.05, 3.63) is 41.5 Å². The maximum absolute atomic E-state index is 12.6. The van der Waals surface area contributed by atoms with Crippen molar-refractivity contribution in [2.24, 2.45) is 0 Å². The molecule has 4 rings (SSSR count). The van der Waals surface area contributed by atoms with Crippen LogP contribution in [0.25, 0.3) is 0 Å². The molecular formula is C19H24N4O4S2. The number of benzene rings is 1. The molecule has 0 saturated carbocycles. The average Bonchev–Trinajstić information content (AvgIpc) is 3.45. The average molecular weight is 437 g/mol. The first-order chi connectivity index (χ1) is 14.0. The molecule has 2 saturated heterocycles. The number of rotatable bonds is 6. The SMILES string of the molecule is O=C(NCc1nc(C2CCSCC2)no1)c1ccc(S(=O)(=O)N2CCCC2)cc1. The molecule has 156 valence electrons. The molecule has 0 spiro atoms. The Hall–Kier alpha value is -1.91. The Kier molecular flexibility index (Phi) is 6.21. The highest BCUT2D eigenvalue weighted by molar-refractivity contribution is 7.99. The monoisotopic (exact) mass is 436 g/mol. The Labute approximate surface area is 174 Å². The minimum absolute atomic E-state index is 0.140. The number of amides is 1. The summed E-state index contributed by atoms with van der Waals surface area (Å²) in [6, 6.07) is 6.01. The summed E-state index contributed by atoms with van der Waals surface area (Å²) in [4.78, 5) is 17.0. The molecule has 10 heteroatoms. The summed E-state index contributed by atoms with van der Waals surface area (Å²) in [5.41, 5.74) is 0.384. The number of nitrogens with zero attached hydrogens (tertiary/aromatic N) is 3. The number of nitrogens with one attached hydrogen (secondary N) is 1. The molecule has 2 aliphatic heterocycles. The van der Waals surface area contributed by atoms with Gasteiger partial charge in [-0.05, 0) is 61.5 Å². The second kappa shape index (κ2) is 8.85. The largest absolute Gasteiger partial charge is 0.343 e. The quantitative estimate of drug-likeness (QED) is 0.741. The third-order valence-electron chi connectivity index (χ3n) is 5.29. The lowest BCUT2D eigenvalue weighted by Gasteiger charge is -2.17. The van der Waals surface area contributed by atoms with Crippen LogP contribution in [0, 0.1) is 0 Å². The van der Waals surface area contributed by atoms with Gasteiger partial charge < -0.3 is 9.84 Å². The van der Waals surface area contributed by atoms with Crippen LogP contribution < -0.4 is 5.32 Å². The van der Waals surface area contributed by atoms with Crippen LogP contribution in [0.15, 0.2) is 33.7 Å². The van der Waals surface area contributed by atoms with Crippen LogP contribution in [-0.2, 0) is 16.6 Å². The van der Waals surface area contributed by atoms with Crippen LogP contribution >= 0.6 is 11.8 Å². The van der Waals surface area contributed by atoms with E-state index in [1.54, 1.807) is 0 Å². The van der Waals surface area contributed by atoms with Crippen molar-refractivity contribution in [2.45, 2.75) is 43.0 Å². The highest BCUT2D eigenvalue weighted by atomic mass is 32.2. The molecule has 0 unspecified atom stereocenters. The van der Waals surface area contributed by atoms with Gasteiger partial charge in [0, 0.05) is 24.6 Å². The molecular weight excluding hydrogens is 412 g/mol. The smallest absolute Gasteiger partial charge is 0.251 e. The fraction of sp³-hybridized carbons (Fsp3) is 0.526. The number of sulfonamides is 1. The van der Waals surface area contributed by atoms with Crippen LogP contribution in [0.2, 0.25) is 0 Å². The minimum atomic E-state index is -3.48. The number of carbonyl (C=O) groups is 1. The molecule has 1 aromatic carbocycles. The van der Waals surface area contributed by atoms with E-state index in [1.165, 1.54) is 28.6 Å². The fourth-order valence-electron chi connectivity index (χ4n) is 3.58. The van der Waals surface area contributed by atoms with Gasteiger partial charge in [-0.1, -0.05) is 5.16 Å². The van der Waals surface area contributed by atoms with E-state index in [0.29, 0.717) is 36.3 Å². The normalized spacial score (nSPS) is 18.8. The molecule has 8 nitrogen and oxygen atoms in total. The number of carbonyl (C=O) groups excluding carboxylic acids is 1. The van der Waals surface area contributed by atoms with Gasteiger partial charge in [-0.25, -0.2) is 8.42 Å². The fourth-order valence-corrected chi connectivity index (χ4v) is 6.20. The number of hydrogen-bond acceptors (Lipinski definition) is 7. The minimum Gasteiger partial charge on any atom is -0.343 e. The molecule has 0 aliphatic carbocycles. The molecule has 1 aromatic heterocycles. The number of hydrogen-bond donors (Lipinski definition) is 1. The summed E-state index contributed by atoms with van der Waals surface area (Å²) in [6.45, 7) is 1.24. The zero-order chi connectivity index (χ0) is 20.3. The van der Waals surface area contributed by atoms with Crippen molar-refractivity contribution >= 4 is 27.7 Å². The molecule has 1 amide bonds. The zero-order valence-electron chi connectivity index (χ0n) is 16.0. The Morgan fingerprint density at radius 2 is 1.86 bits per heavy atom.